The summed E-state index contributed by atoms with van der Waals surface area (Å²) < 4.78 is 10.1. The minimum absolute atomic E-state index is 0.159. The third kappa shape index (κ3) is 3.74. The largest absolute Gasteiger partial charge is 0.467 e. The number of amides is 2. The Balaban J connectivity index is 1.69. The van der Waals surface area contributed by atoms with Gasteiger partial charge in [-0.3, -0.25) is 9.59 Å². The maximum atomic E-state index is 11.7. The lowest BCUT2D eigenvalue weighted by atomic mass is 10.2. The number of rotatable bonds is 6. The van der Waals surface area contributed by atoms with E-state index in [0.29, 0.717) is 5.76 Å². The molecular weight excluding hydrogens is 260 g/mol. The molecule has 0 saturated carbocycles. The van der Waals surface area contributed by atoms with E-state index in [1.807, 2.05) is 6.92 Å². The zero-order chi connectivity index (χ0) is 14.4. The van der Waals surface area contributed by atoms with Crippen LogP contribution in [0.2, 0.25) is 0 Å². The summed E-state index contributed by atoms with van der Waals surface area (Å²) in [5.74, 6) is 0.433. The summed E-state index contributed by atoms with van der Waals surface area (Å²) in [6.07, 6.45) is 3.17. The van der Waals surface area contributed by atoms with Crippen molar-refractivity contribution in [2.45, 2.75) is 19.4 Å². The van der Waals surface area contributed by atoms with Gasteiger partial charge < -0.3 is 19.5 Å². The fourth-order valence-corrected chi connectivity index (χ4v) is 1.71. The van der Waals surface area contributed by atoms with Crippen LogP contribution in [0.15, 0.2) is 45.6 Å². The van der Waals surface area contributed by atoms with E-state index in [1.165, 1.54) is 6.26 Å². The van der Waals surface area contributed by atoms with Crippen molar-refractivity contribution in [3.8, 4) is 0 Å². The fraction of sp³-hybridized carbons (Fsp3) is 0.286. The molecule has 0 radical (unpaired) electrons. The lowest BCUT2D eigenvalue weighted by Gasteiger charge is -2.11. The third-order valence-corrected chi connectivity index (χ3v) is 2.73. The van der Waals surface area contributed by atoms with Gasteiger partial charge in [0.15, 0.2) is 5.76 Å². The van der Waals surface area contributed by atoms with Crippen LogP contribution in [0.3, 0.4) is 0 Å². The maximum absolute atomic E-state index is 11.7. The maximum Gasteiger partial charge on any atom is 0.286 e. The zero-order valence-corrected chi connectivity index (χ0v) is 11.1. The number of carbonyl (C=O) groups is 2. The van der Waals surface area contributed by atoms with Crippen LogP contribution in [0.4, 0.5) is 0 Å². The predicted octanol–water partition coefficient (Wildman–Crippen LogP) is 1.87. The highest BCUT2D eigenvalue weighted by Crippen LogP contribution is 2.11. The van der Waals surface area contributed by atoms with Crippen molar-refractivity contribution >= 4 is 11.8 Å². The van der Waals surface area contributed by atoms with Gasteiger partial charge in [0.1, 0.15) is 5.76 Å². The molecule has 0 aliphatic heterocycles. The first-order valence-electron chi connectivity index (χ1n) is 6.31. The van der Waals surface area contributed by atoms with Gasteiger partial charge in [-0.05, 0) is 31.2 Å². The average Bonchev–Trinajstić information content (AvgIpc) is 3.12. The van der Waals surface area contributed by atoms with Gasteiger partial charge in [-0.25, -0.2) is 0 Å². The van der Waals surface area contributed by atoms with Gasteiger partial charge in [-0.2, -0.15) is 0 Å². The number of hydrogen-bond acceptors (Lipinski definition) is 4. The van der Waals surface area contributed by atoms with Gasteiger partial charge in [0.25, 0.3) is 5.91 Å². The Kier molecular flexibility index (Phi) is 4.60. The lowest BCUT2D eigenvalue weighted by molar-refractivity contribution is -0.121. The molecule has 0 spiro atoms. The first kappa shape index (κ1) is 13.9. The van der Waals surface area contributed by atoms with E-state index in [2.05, 4.69) is 10.6 Å². The van der Waals surface area contributed by atoms with Crippen LogP contribution in [-0.4, -0.2) is 18.4 Å². The Morgan fingerprint density at radius 1 is 1.20 bits per heavy atom. The van der Waals surface area contributed by atoms with Crippen molar-refractivity contribution in [3.05, 3.63) is 48.3 Å². The Morgan fingerprint density at radius 2 is 1.95 bits per heavy atom. The summed E-state index contributed by atoms with van der Waals surface area (Å²) in [5.41, 5.74) is 0. The first-order valence-corrected chi connectivity index (χ1v) is 6.31. The van der Waals surface area contributed by atoms with Gasteiger partial charge in [0, 0.05) is 13.0 Å². The highest BCUT2D eigenvalue weighted by Gasteiger charge is 2.12. The molecule has 6 nitrogen and oxygen atoms in total. The van der Waals surface area contributed by atoms with E-state index < -0.39 is 0 Å². The number of nitrogens with one attached hydrogen (secondary N) is 2. The molecule has 1 atom stereocenters. The summed E-state index contributed by atoms with van der Waals surface area (Å²) in [4.78, 5) is 23.2. The van der Waals surface area contributed by atoms with Crippen LogP contribution in [0.5, 0.6) is 0 Å². The molecule has 2 aromatic rings. The van der Waals surface area contributed by atoms with Crippen molar-refractivity contribution < 1.29 is 18.4 Å². The normalized spacial score (nSPS) is 11.8. The van der Waals surface area contributed by atoms with Crippen molar-refractivity contribution in [2.75, 3.05) is 6.54 Å². The molecule has 2 amide bonds. The summed E-state index contributed by atoms with van der Waals surface area (Å²) in [5, 5.41) is 5.39. The average molecular weight is 276 g/mol. The first-order chi connectivity index (χ1) is 9.66. The number of furan rings is 2. The molecular formula is C14H16N2O4. The third-order valence-electron chi connectivity index (χ3n) is 2.73. The minimum atomic E-state index is -0.332. The second-order valence-electron chi connectivity index (χ2n) is 4.29. The van der Waals surface area contributed by atoms with Gasteiger partial charge in [0.05, 0.1) is 18.6 Å². The second kappa shape index (κ2) is 6.60. The number of hydrogen-bond donors (Lipinski definition) is 2. The molecule has 0 aromatic carbocycles. The molecule has 2 rings (SSSR count). The molecule has 1 unspecified atom stereocenters. The van der Waals surface area contributed by atoms with E-state index in [1.54, 1.807) is 30.5 Å². The molecule has 106 valence electrons. The summed E-state index contributed by atoms with van der Waals surface area (Å²) >= 11 is 0. The highest BCUT2D eigenvalue weighted by atomic mass is 16.3. The van der Waals surface area contributed by atoms with Crippen LogP contribution in [0, 0.1) is 0 Å². The van der Waals surface area contributed by atoms with Crippen LogP contribution in [0.1, 0.15) is 35.7 Å². The lowest BCUT2D eigenvalue weighted by Crippen LogP contribution is -2.31. The van der Waals surface area contributed by atoms with Crippen LogP contribution in [-0.2, 0) is 4.79 Å². The van der Waals surface area contributed by atoms with Gasteiger partial charge >= 0.3 is 0 Å². The molecule has 2 aromatic heterocycles. The Labute approximate surface area is 116 Å². The smallest absolute Gasteiger partial charge is 0.286 e. The summed E-state index contributed by atoms with van der Waals surface area (Å²) in [6, 6.07) is 6.56. The van der Waals surface area contributed by atoms with E-state index in [0.717, 1.165) is 0 Å². The van der Waals surface area contributed by atoms with Gasteiger partial charge in [-0.1, -0.05) is 0 Å². The van der Waals surface area contributed by atoms with Crippen LogP contribution >= 0.6 is 0 Å². The van der Waals surface area contributed by atoms with Crippen LogP contribution < -0.4 is 10.6 Å². The molecule has 0 aliphatic carbocycles. The molecule has 6 heteroatoms. The Bertz CT molecular complexity index is 546. The zero-order valence-electron chi connectivity index (χ0n) is 11.1. The van der Waals surface area contributed by atoms with Crippen molar-refractivity contribution in [1.29, 1.82) is 0 Å². The molecule has 0 fully saturated rings. The Morgan fingerprint density at radius 3 is 2.60 bits per heavy atom. The molecule has 2 heterocycles. The molecule has 0 saturated heterocycles. The van der Waals surface area contributed by atoms with Crippen molar-refractivity contribution in [3.63, 3.8) is 0 Å². The number of carbonyl (C=O) groups excluding carboxylic acids is 2. The van der Waals surface area contributed by atoms with E-state index in [-0.39, 0.29) is 36.6 Å². The summed E-state index contributed by atoms with van der Waals surface area (Å²) in [7, 11) is 0. The van der Waals surface area contributed by atoms with Crippen molar-refractivity contribution in [1.82, 2.24) is 10.6 Å². The monoisotopic (exact) mass is 276 g/mol. The van der Waals surface area contributed by atoms with E-state index in [9.17, 15) is 9.59 Å². The SMILES string of the molecule is CC(NC(=O)CCNC(=O)c1ccco1)c1ccco1. The second-order valence-corrected chi connectivity index (χ2v) is 4.29. The standard InChI is InChI=1S/C14H16N2O4/c1-10(11-4-2-8-19-11)16-13(17)6-7-15-14(18)12-5-3-9-20-12/h2-5,8-10H,6-7H2,1H3,(H,15,18)(H,16,17). The molecule has 0 bridgehead atoms. The quantitative estimate of drug-likeness (QED) is 0.843. The van der Waals surface area contributed by atoms with Crippen molar-refractivity contribution in [2.24, 2.45) is 0 Å². The Hall–Kier alpha value is -2.50. The van der Waals surface area contributed by atoms with Gasteiger partial charge in [0.2, 0.25) is 5.91 Å². The molecule has 0 aliphatic rings. The topological polar surface area (TPSA) is 84.5 Å². The van der Waals surface area contributed by atoms with Crippen LogP contribution in [0.25, 0.3) is 0 Å². The molecule has 2 N–H and O–H groups in total. The highest BCUT2D eigenvalue weighted by molar-refractivity contribution is 5.91. The van der Waals surface area contributed by atoms with E-state index >= 15 is 0 Å². The summed E-state index contributed by atoms with van der Waals surface area (Å²) in [6.45, 7) is 2.08. The fourth-order valence-electron chi connectivity index (χ4n) is 1.71. The molecule has 20 heavy (non-hydrogen) atoms. The predicted molar refractivity (Wildman–Crippen MR) is 70.9 cm³/mol. The van der Waals surface area contributed by atoms with Gasteiger partial charge in [-0.15, -0.1) is 0 Å². The van der Waals surface area contributed by atoms with E-state index in [4.69, 9.17) is 8.83 Å². The minimum Gasteiger partial charge on any atom is -0.467 e.